The molecule has 0 fully saturated rings. The second kappa shape index (κ2) is 5.01. The van der Waals surface area contributed by atoms with Crippen LogP contribution in [0.4, 0.5) is 5.69 Å². The maximum Gasteiger partial charge on any atom is 0.241 e. The van der Waals surface area contributed by atoms with Gasteiger partial charge in [0.15, 0.2) is 0 Å². The fraction of sp³-hybridized carbons (Fsp3) is 0.385. The molecule has 98 valence electrons. The Labute approximate surface area is 109 Å². The summed E-state index contributed by atoms with van der Waals surface area (Å²) in [5.41, 5.74) is 6.25. The minimum Gasteiger partial charge on any atom is -0.398 e. The highest BCUT2D eigenvalue weighted by molar-refractivity contribution is 7.89. The second-order valence-corrected chi connectivity index (χ2v) is 6.27. The molecule has 0 aliphatic rings. The minimum absolute atomic E-state index is 0.125. The van der Waals surface area contributed by atoms with Gasteiger partial charge in [0.1, 0.15) is 0 Å². The molecule has 0 atom stereocenters. The molecule has 1 rings (SSSR count). The lowest BCUT2D eigenvalue weighted by Crippen LogP contribution is -2.41. The molecule has 0 amide bonds. The number of sulfonamides is 1. The van der Waals surface area contributed by atoms with E-state index in [1.54, 1.807) is 19.9 Å². The third kappa shape index (κ3) is 3.25. The van der Waals surface area contributed by atoms with Crippen molar-refractivity contribution in [3.8, 4) is 12.3 Å². The van der Waals surface area contributed by atoms with Crippen molar-refractivity contribution in [3.63, 3.8) is 0 Å². The number of hydrogen-bond donors (Lipinski definition) is 2. The molecule has 5 heteroatoms. The molecule has 1 aromatic carbocycles. The van der Waals surface area contributed by atoms with Crippen molar-refractivity contribution in [1.29, 1.82) is 0 Å². The Bertz CT molecular complexity index is 583. The standard InChI is InChI=1S/C13H18N2O2S/c1-5-10-7-8-11(9-12(10)14)18(16,17)15-13(3,4)6-2/h2,7-9,15H,5,14H2,1,3-4H3. The Balaban J connectivity index is 3.15. The number of benzene rings is 1. The lowest BCUT2D eigenvalue weighted by atomic mass is 10.1. The van der Waals surface area contributed by atoms with Gasteiger partial charge in [-0.3, -0.25) is 0 Å². The number of nitrogens with two attached hydrogens (primary N) is 1. The van der Waals surface area contributed by atoms with Gasteiger partial charge in [0.05, 0.1) is 10.4 Å². The van der Waals surface area contributed by atoms with E-state index in [-0.39, 0.29) is 4.90 Å². The van der Waals surface area contributed by atoms with Crippen LogP contribution in [0.1, 0.15) is 26.3 Å². The summed E-state index contributed by atoms with van der Waals surface area (Å²) in [6, 6.07) is 4.70. The Morgan fingerprint density at radius 3 is 2.50 bits per heavy atom. The first-order chi connectivity index (χ1) is 8.22. The van der Waals surface area contributed by atoms with Crippen LogP contribution in [0.25, 0.3) is 0 Å². The van der Waals surface area contributed by atoms with Gasteiger partial charge in [-0.1, -0.05) is 18.9 Å². The van der Waals surface area contributed by atoms with Crippen molar-refractivity contribution in [2.75, 3.05) is 5.73 Å². The lowest BCUT2D eigenvalue weighted by Gasteiger charge is -2.19. The molecule has 1 aromatic rings. The van der Waals surface area contributed by atoms with Gasteiger partial charge >= 0.3 is 0 Å². The SMILES string of the molecule is C#CC(C)(C)NS(=O)(=O)c1ccc(CC)c(N)c1. The highest BCUT2D eigenvalue weighted by Gasteiger charge is 2.24. The summed E-state index contributed by atoms with van der Waals surface area (Å²) in [7, 11) is -3.65. The van der Waals surface area contributed by atoms with Crippen molar-refractivity contribution in [2.45, 2.75) is 37.6 Å². The molecule has 0 saturated heterocycles. The molecule has 18 heavy (non-hydrogen) atoms. The van der Waals surface area contributed by atoms with E-state index in [9.17, 15) is 8.42 Å². The van der Waals surface area contributed by atoms with Gasteiger partial charge in [-0.25, -0.2) is 8.42 Å². The fourth-order valence-corrected chi connectivity index (χ4v) is 2.86. The molecule has 0 aromatic heterocycles. The summed E-state index contributed by atoms with van der Waals surface area (Å²) >= 11 is 0. The molecule has 0 radical (unpaired) electrons. The van der Waals surface area contributed by atoms with E-state index in [1.807, 2.05) is 6.92 Å². The van der Waals surface area contributed by atoms with Crippen LogP contribution >= 0.6 is 0 Å². The number of aryl methyl sites for hydroxylation is 1. The molecule has 0 aliphatic carbocycles. The summed E-state index contributed by atoms with van der Waals surface area (Å²) in [5.74, 6) is 2.38. The van der Waals surface area contributed by atoms with Gasteiger partial charge in [0.2, 0.25) is 10.0 Å². The van der Waals surface area contributed by atoms with Gasteiger partial charge in [-0.15, -0.1) is 6.42 Å². The Morgan fingerprint density at radius 2 is 2.06 bits per heavy atom. The van der Waals surface area contributed by atoms with E-state index >= 15 is 0 Å². The van der Waals surface area contributed by atoms with Gasteiger partial charge in [-0.2, -0.15) is 4.72 Å². The van der Waals surface area contributed by atoms with Crippen LogP contribution in [-0.2, 0) is 16.4 Å². The second-order valence-electron chi connectivity index (χ2n) is 4.59. The van der Waals surface area contributed by atoms with Crippen molar-refractivity contribution in [2.24, 2.45) is 0 Å². The number of rotatable bonds is 4. The first-order valence-corrected chi connectivity index (χ1v) is 7.10. The highest BCUT2D eigenvalue weighted by Crippen LogP contribution is 2.19. The zero-order valence-electron chi connectivity index (χ0n) is 10.8. The summed E-state index contributed by atoms with van der Waals surface area (Å²) in [4.78, 5) is 0.125. The first-order valence-electron chi connectivity index (χ1n) is 5.62. The van der Waals surface area contributed by atoms with Crippen LogP contribution in [0.2, 0.25) is 0 Å². The number of terminal acetylenes is 1. The predicted octanol–water partition coefficient (Wildman–Crippen LogP) is 1.52. The van der Waals surface area contributed by atoms with E-state index < -0.39 is 15.6 Å². The molecule has 0 bridgehead atoms. The summed E-state index contributed by atoms with van der Waals surface area (Å²) in [6.07, 6.45) is 6.02. The Kier molecular flexibility index (Phi) is 4.05. The van der Waals surface area contributed by atoms with Crippen LogP contribution in [0, 0.1) is 12.3 Å². The van der Waals surface area contributed by atoms with E-state index in [0.29, 0.717) is 5.69 Å². The molecule has 0 heterocycles. The van der Waals surface area contributed by atoms with Crippen LogP contribution in [-0.4, -0.2) is 14.0 Å². The van der Waals surface area contributed by atoms with E-state index in [0.717, 1.165) is 12.0 Å². The van der Waals surface area contributed by atoms with Gasteiger partial charge in [0, 0.05) is 5.69 Å². The molecular weight excluding hydrogens is 248 g/mol. The number of nitrogen functional groups attached to an aromatic ring is 1. The average Bonchev–Trinajstić information content (AvgIpc) is 2.27. The number of anilines is 1. The van der Waals surface area contributed by atoms with Crippen LogP contribution < -0.4 is 10.5 Å². The lowest BCUT2D eigenvalue weighted by molar-refractivity contribution is 0.539. The van der Waals surface area contributed by atoms with Crippen molar-refractivity contribution < 1.29 is 8.42 Å². The van der Waals surface area contributed by atoms with Crippen LogP contribution in [0.3, 0.4) is 0 Å². The van der Waals surface area contributed by atoms with Crippen LogP contribution in [0.15, 0.2) is 23.1 Å². The first kappa shape index (κ1) is 14.6. The smallest absolute Gasteiger partial charge is 0.241 e. The largest absolute Gasteiger partial charge is 0.398 e. The average molecular weight is 266 g/mol. The normalized spacial score (nSPS) is 12.1. The quantitative estimate of drug-likeness (QED) is 0.641. The zero-order chi connectivity index (χ0) is 14.0. The molecule has 0 aliphatic heterocycles. The molecular formula is C13H18N2O2S. The summed E-state index contributed by atoms with van der Waals surface area (Å²) in [6.45, 7) is 5.20. The predicted molar refractivity (Wildman–Crippen MR) is 73.5 cm³/mol. The Hall–Kier alpha value is -1.51. The molecule has 0 unspecified atom stereocenters. The fourth-order valence-electron chi connectivity index (χ4n) is 1.49. The van der Waals surface area contributed by atoms with Gasteiger partial charge in [0.25, 0.3) is 0 Å². The maximum absolute atomic E-state index is 12.1. The Morgan fingerprint density at radius 1 is 1.44 bits per heavy atom. The molecule has 3 N–H and O–H groups in total. The monoisotopic (exact) mass is 266 g/mol. The third-order valence-electron chi connectivity index (χ3n) is 2.56. The summed E-state index contributed by atoms with van der Waals surface area (Å²) < 4.78 is 26.6. The molecule has 0 spiro atoms. The highest BCUT2D eigenvalue weighted by atomic mass is 32.2. The summed E-state index contributed by atoms with van der Waals surface area (Å²) in [5, 5.41) is 0. The minimum atomic E-state index is -3.65. The van der Waals surface area contributed by atoms with E-state index in [4.69, 9.17) is 12.2 Å². The maximum atomic E-state index is 12.1. The third-order valence-corrected chi connectivity index (χ3v) is 4.21. The number of nitrogens with one attached hydrogen (secondary N) is 1. The zero-order valence-corrected chi connectivity index (χ0v) is 11.6. The molecule has 0 saturated carbocycles. The van der Waals surface area contributed by atoms with Crippen molar-refractivity contribution >= 4 is 15.7 Å². The molecule has 4 nitrogen and oxygen atoms in total. The van der Waals surface area contributed by atoms with Gasteiger partial charge in [-0.05, 0) is 38.0 Å². The van der Waals surface area contributed by atoms with E-state index in [2.05, 4.69) is 10.6 Å². The van der Waals surface area contributed by atoms with E-state index in [1.165, 1.54) is 12.1 Å². The topological polar surface area (TPSA) is 72.2 Å². The number of hydrogen-bond acceptors (Lipinski definition) is 3. The van der Waals surface area contributed by atoms with Crippen LogP contribution in [0.5, 0.6) is 0 Å². The van der Waals surface area contributed by atoms with Gasteiger partial charge < -0.3 is 5.73 Å². The van der Waals surface area contributed by atoms with Crippen molar-refractivity contribution in [3.05, 3.63) is 23.8 Å². The van der Waals surface area contributed by atoms with Crippen molar-refractivity contribution in [1.82, 2.24) is 4.72 Å².